The van der Waals surface area contributed by atoms with Gasteiger partial charge in [0.15, 0.2) is 0 Å². The van der Waals surface area contributed by atoms with E-state index in [1.54, 1.807) is 4.68 Å². The van der Waals surface area contributed by atoms with Crippen LogP contribution in [0.3, 0.4) is 0 Å². The number of ether oxygens (including phenoxy) is 1. The van der Waals surface area contributed by atoms with Crippen LogP contribution in [-0.4, -0.2) is 46.5 Å². The number of urea groups is 1. The third-order valence-electron chi connectivity index (χ3n) is 4.88. The van der Waals surface area contributed by atoms with Crippen LogP contribution in [0, 0.1) is 6.92 Å². The van der Waals surface area contributed by atoms with Crippen molar-refractivity contribution in [3.8, 4) is 11.1 Å². The monoisotopic (exact) mass is 356 g/mol. The lowest BCUT2D eigenvalue weighted by Gasteiger charge is -2.29. The molecular formula is C20H28N4O2. The molecule has 0 aliphatic carbocycles. The van der Waals surface area contributed by atoms with E-state index in [0.717, 1.165) is 42.1 Å². The lowest BCUT2D eigenvalue weighted by molar-refractivity contribution is 0.00220. The number of rotatable bonds is 5. The number of amides is 2. The number of likely N-dealkylation sites (N-methyl/N-ethyl adjacent to an activating group) is 1. The molecule has 0 spiro atoms. The molecule has 2 heterocycles. The minimum absolute atomic E-state index is 0.109. The van der Waals surface area contributed by atoms with Crippen molar-refractivity contribution in [1.29, 1.82) is 0 Å². The minimum atomic E-state index is -0.109. The van der Waals surface area contributed by atoms with E-state index in [-0.39, 0.29) is 12.1 Å². The second-order valence-corrected chi connectivity index (χ2v) is 6.76. The minimum Gasteiger partial charge on any atom is -0.376 e. The van der Waals surface area contributed by atoms with E-state index in [1.807, 2.05) is 56.1 Å². The van der Waals surface area contributed by atoms with Gasteiger partial charge in [-0.25, -0.2) is 4.79 Å². The smallest absolute Gasteiger partial charge is 0.323 e. The Labute approximate surface area is 155 Å². The number of aryl methyl sites for hydroxylation is 2. The predicted octanol–water partition coefficient (Wildman–Crippen LogP) is 3.82. The summed E-state index contributed by atoms with van der Waals surface area (Å²) >= 11 is 0. The van der Waals surface area contributed by atoms with Crippen LogP contribution in [-0.2, 0) is 11.8 Å². The number of carbonyl (C=O) groups excluding carboxylic acids is 1. The van der Waals surface area contributed by atoms with Gasteiger partial charge in [0.25, 0.3) is 0 Å². The molecule has 0 saturated carbocycles. The predicted molar refractivity (Wildman–Crippen MR) is 103 cm³/mol. The molecule has 3 rings (SSSR count). The molecule has 0 radical (unpaired) electrons. The average Bonchev–Trinajstić information content (AvgIpc) is 2.94. The molecule has 26 heavy (non-hydrogen) atoms. The van der Waals surface area contributed by atoms with Gasteiger partial charge in [0.05, 0.1) is 11.8 Å². The Morgan fingerprint density at radius 3 is 2.77 bits per heavy atom. The third kappa shape index (κ3) is 4.07. The number of nitrogens with one attached hydrogen (secondary N) is 1. The first kappa shape index (κ1) is 18.5. The summed E-state index contributed by atoms with van der Waals surface area (Å²) < 4.78 is 7.53. The molecule has 2 amide bonds. The highest BCUT2D eigenvalue weighted by molar-refractivity contribution is 5.93. The van der Waals surface area contributed by atoms with Gasteiger partial charge in [-0.1, -0.05) is 30.3 Å². The summed E-state index contributed by atoms with van der Waals surface area (Å²) in [4.78, 5) is 14.7. The highest BCUT2D eigenvalue weighted by atomic mass is 16.5. The van der Waals surface area contributed by atoms with Gasteiger partial charge < -0.3 is 9.64 Å². The quantitative estimate of drug-likeness (QED) is 0.886. The van der Waals surface area contributed by atoms with Crippen LogP contribution in [0.2, 0.25) is 0 Å². The van der Waals surface area contributed by atoms with Crippen molar-refractivity contribution in [2.45, 2.75) is 39.2 Å². The van der Waals surface area contributed by atoms with Crippen molar-refractivity contribution >= 4 is 11.8 Å². The number of hydrogen-bond acceptors (Lipinski definition) is 3. The average molecular weight is 356 g/mol. The molecule has 1 fully saturated rings. The van der Waals surface area contributed by atoms with Crippen LogP contribution < -0.4 is 5.32 Å². The number of carbonyl (C=O) groups is 1. The molecule has 1 aliphatic rings. The van der Waals surface area contributed by atoms with E-state index in [1.165, 1.54) is 6.42 Å². The maximum absolute atomic E-state index is 12.9. The van der Waals surface area contributed by atoms with E-state index < -0.39 is 0 Å². The van der Waals surface area contributed by atoms with Crippen molar-refractivity contribution in [1.82, 2.24) is 14.7 Å². The molecule has 1 aliphatic heterocycles. The molecule has 0 bridgehead atoms. The van der Waals surface area contributed by atoms with Crippen LogP contribution in [0.4, 0.5) is 10.6 Å². The molecule has 6 heteroatoms. The summed E-state index contributed by atoms with van der Waals surface area (Å²) in [5.74, 6) is 0.724. The number of hydrogen-bond donors (Lipinski definition) is 1. The highest BCUT2D eigenvalue weighted by Gasteiger charge is 2.23. The van der Waals surface area contributed by atoms with Crippen LogP contribution in [0.5, 0.6) is 0 Å². The van der Waals surface area contributed by atoms with Crippen molar-refractivity contribution in [2.24, 2.45) is 7.05 Å². The summed E-state index contributed by atoms with van der Waals surface area (Å²) in [6.45, 7) is 6.02. The van der Waals surface area contributed by atoms with Gasteiger partial charge in [-0.3, -0.25) is 10.00 Å². The normalized spacial score (nSPS) is 17.1. The first-order valence-corrected chi connectivity index (χ1v) is 9.36. The zero-order valence-corrected chi connectivity index (χ0v) is 15.9. The second-order valence-electron chi connectivity index (χ2n) is 6.76. The molecule has 1 atom stereocenters. The van der Waals surface area contributed by atoms with Crippen molar-refractivity contribution in [2.75, 3.05) is 25.0 Å². The zero-order chi connectivity index (χ0) is 18.5. The molecule has 140 valence electrons. The van der Waals surface area contributed by atoms with E-state index in [0.29, 0.717) is 13.1 Å². The van der Waals surface area contributed by atoms with Crippen molar-refractivity contribution in [3.63, 3.8) is 0 Å². The van der Waals surface area contributed by atoms with E-state index >= 15 is 0 Å². The van der Waals surface area contributed by atoms with Gasteiger partial charge in [-0.2, -0.15) is 5.10 Å². The fourth-order valence-corrected chi connectivity index (χ4v) is 3.49. The first-order valence-electron chi connectivity index (χ1n) is 9.36. The lowest BCUT2D eigenvalue weighted by Crippen LogP contribution is -2.42. The van der Waals surface area contributed by atoms with Gasteiger partial charge in [0, 0.05) is 32.3 Å². The van der Waals surface area contributed by atoms with Crippen molar-refractivity contribution < 1.29 is 9.53 Å². The van der Waals surface area contributed by atoms with Gasteiger partial charge in [-0.05, 0) is 38.7 Å². The van der Waals surface area contributed by atoms with Crippen LogP contribution >= 0.6 is 0 Å². The highest BCUT2D eigenvalue weighted by Crippen LogP contribution is 2.31. The first-order chi connectivity index (χ1) is 12.6. The fraction of sp³-hybridized carbons (Fsp3) is 0.500. The maximum atomic E-state index is 12.9. The van der Waals surface area contributed by atoms with Gasteiger partial charge in [0.1, 0.15) is 5.82 Å². The molecule has 1 aromatic carbocycles. The Balaban J connectivity index is 1.78. The summed E-state index contributed by atoms with van der Waals surface area (Å²) in [5, 5.41) is 7.57. The topological polar surface area (TPSA) is 59.4 Å². The van der Waals surface area contributed by atoms with Gasteiger partial charge in [-0.15, -0.1) is 0 Å². The molecule has 0 unspecified atom stereocenters. The fourth-order valence-electron chi connectivity index (χ4n) is 3.49. The molecule has 1 aromatic heterocycles. The summed E-state index contributed by atoms with van der Waals surface area (Å²) in [7, 11) is 1.86. The van der Waals surface area contributed by atoms with Gasteiger partial charge >= 0.3 is 6.03 Å². The number of nitrogens with zero attached hydrogens (tertiary/aromatic N) is 3. The van der Waals surface area contributed by atoms with Gasteiger partial charge in [0.2, 0.25) is 0 Å². The Morgan fingerprint density at radius 1 is 1.35 bits per heavy atom. The Bertz CT molecular complexity index is 736. The third-order valence-corrected chi connectivity index (χ3v) is 4.88. The molecule has 1 saturated heterocycles. The molecular weight excluding hydrogens is 328 g/mol. The lowest BCUT2D eigenvalue weighted by atomic mass is 10.1. The van der Waals surface area contributed by atoms with Crippen LogP contribution in [0.15, 0.2) is 30.3 Å². The number of anilines is 1. The largest absolute Gasteiger partial charge is 0.376 e. The zero-order valence-electron chi connectivity index (χ0n) is 15.9. The van der Waals surface area contributed by atoms with E-state index in [2.05, 4.69) is 10.4 Å². The summed E-state index contributed by atoms with van der Waals surface area (Å²) in [6.07, 6.45) is 3.44. The number of aromatic nitrogens is 2. The Hall–Kier alpha value is -2.34. The van der Waals surface area contributed by atoms with Crippen LogP contribution in [0.25, 0.3) is 11.1 Å². The van der Waals surface area contributed by atoms with E-state index in [4.69, 9.17) is 4.74 Å². The molecule has 2 aromatic rings. The van der Waals surface area contributed by atoms with Crippen LogP contribution in [0.1, 0.15) is 31.9 Å². The maximum Gasteiger partial charge on any atom is 0.323 e. The Morgan fingerprint density at radius 2 is 2.12 bits per heavy atom. The second kappa shape index (κ2) is 8.36. The number of benzene rings is 1. The van der Waals surface area contributed by atoms with E-state index in [9.17, 15) is 4.79 Å². The SMILES string of the molecule is CCN(C[C@@H]1CCCCO1)C(=O)Nc1c(-c2ccccc2)c(C)nn1C. The molecule has 1 N–H and O–H groups in total. The summed E-state index contributed by atoms with van der Waals surface area (Å²) in [5.41, 5.74) is 2.91. The Kier molecular flexibility index (Phi) is 5.93. The molecule has 6 nitrogen and oxygen atoms in total. The summed E-state index contributed by atoms with van der Waals surface area (Å²) in [6, 6.07) is 9.93. The van der Waals surface area contributed by atoms with Crippen molar-refractivity contribution in [3.05, 3.63) is 36.0 Å². The standard InChI is InChI=1S/C20H28N4O2/c1-4-24(14-17-12-8-9-13-26-17)20(25)21-19-18(15(2)22-23(19)3)16-10-6-5-7-11-16/h5-7,10-11,17H,4,8-9,12-14H2,1-3H3,(H,21,25)/t17-/m0/s1.